The van der Waals surface area contributed by atoms with Gasteiger partial charge in [-0.1, -0.05) is 11.6 Å². The Morgan fingerprint density at radius 3 is 2.70 bits per heavy atom. The lowest BCUT2D eigenvalue weighted by Gasteiger charge is -2.11. The lowest BCUT2D eigenvalue weighted by molar-refractivity contribution is 0.588. The lowest BCUT2D eigenvalue weighted by Crippen LogP contribution is -2.33. The number of nitrogens with two attached hydrogens (primary N) is 2. The number of rotatable bonds is 2. The monoisotopic (exact) mass is 317 g/mol. The van der Waals surface area contributed by atoms with Gasteiger partial charge in [0.15, 0.2) is 11.0 Å². The third-order valence-corrected chi connectivity index (χ3v) is 3.91. The molecular weight excluding hydrogens is 309 g/mol. The van der Waals surface area contributed by atoms with Crippen molar-refractivity contribution in [3.05, 3.63) is 37.6 Å². The van der Waals surface area contributed by atoms with Gasteiger partial charge in [0.2, 0.25) is 0 Å². The smallest absolute Gasteiger partial charge is 0.339 e. The van der Waals surface area contributed by atoms with Gasteiger partial charge in [-0.25, -0.2) is 4.39 Å². The molecule has 0 unspecified atom stereocenters. The van der Waals surface area contributed by atoms with Crippen LogP contribution in [0.25, 0.3) is 0 Å². The first-order valence-corrected chi connectivity index (χ1v) is 6.39. The standard InChI is InChI=1S/C10H9ClFN5O2S/c1-17-10(15-8(18)9(19)16-17)20-7-4(14)2-3(13)5(11)6(7)12/h2H,13-14H2,1H3,(H,16,19). The predicted octanol–water partition coefficient (Wildman–Crippen LogP) is 0.577. The van der Waals surface area contributed by atoms with Crippen molar-refractivity contribution in [2.45, 2.75) is 10.1 Å². The Kier molecular flexibility index (Phi) is 3.73. The fourth-order valence-corrected chi connectivity index (χ4v) is 2.46. The van der Waals surface area contributed by atoms with Gasteiger partial charge in [0, 0.05) is 7.05 Å². The summed E-state index contributed by atoms with van der Waals surface area (Å²) in [5.74, 6) is -0.811. The molecule has 0 bridgehead atoms. The van der Waals surface area contributed by atoms with E-state index in [2.05, 4.69) is 10.1 Å². The number of H-pyrrole nitrogens is 1. The maximum absolute atomic E-state index is 14.0. The number of halogens is 2. The molecule has 0 spiro atoms. The molecule has 10 heteroatoms. The first kappa shape index (κ1) is 14.4. The SMILES string of the molecule is Cn1[nH]c(=O)c(=O)nc1Sc1c(N)cc(N)c(Cl)c1F. The summed E-state index contributed by atoms with van der Waals surface area (Å²) >= 11 is 6.46. The van der Waals surface area contributed by atoms with Crippen molar-refractivity contribution in [2.75, 3.05) is 11.5 Å². The van der Waals surface area contributed by atoms with Crippen LogP contribution in [-0.2, 0) is 7.05 Å². The molecule has 2 aromatic rings. The molecule has 0 saturated carbocycles. The molecule has 106 valence electrons. The second kappa shape index (κ2) is 5.17. The van der Waals surface area contributed by atoms with Gasteiger partial charge in [-0.3, -0.25) is 19.4 Å². The van der Waals surface area contributed by atoms with Crippen LogP contribution in [0, 0.1) is 5.82 Å². The molecule has 0 atom stereocenters. The predicted molar refractivity (Wildman–Crippen MR) is 74.5 cm³/mol. The third kappa shape index (κ3) is 2.49. The first-order valence-electron chi connectivity index (χ1n) is 5.19. The number of anilines is 2. The van der Waals surface area contributed by atoms with Crippen molar-refractivity contribution in [1.29, 1.82) is 0 Å². The molecule has 5 N–H and O–H groups in total. The molecule has 1 heterocycles. The maximum Gasteiger partial charge on any atom is 0.339 e. The molecule has 20 heavy (non-hydrogen) atoms. The van der Waals surface area contributed by atoms with Gasteiger partial charge in [0.25, 0.3) is 0 Å². The minimum absolute atomic E-state index is 0.00864. The van der Waals surface area contributed by atoms with Crippen molar-refractivity contribution in [3.8, 4) is 0 Å². The molecule has 1 aromatic heterocycles. The van der Waals surface area contributed by atoms with E-state index in [1.165, 1.54) is 17.8 Å². The summed E-state index contributed by atoms with van der Waals surface area (Å²) in [6.07, 6.45) is 0. The zero-order chi connectivity index (χ0) is 15.0. The van der Waals surface area contributed by atoms with Gasteiger partial charge >= 0.3 is 11.1 Å². The van der Waals surface area contributed by atoms with Gasteiger partial charge in [-0.05, 0) is 17.8 Å². The molecule has 0 aliphatic heterocycles. The Bertz CT molecular complexity index is 803. The number of nitrogen functional groups attached to an aromatic ring is 2. The highest BCUT2D eigenvalue weighted by atomic mass is 35.5. The molecule has 0 amide bonds. The van der Waals surface area contributed by atoms with Gasteiger partial charge in [0.05, 0.1) is 16.3 Å². The van der Waals surface area contributed by atoms with Gasteiger partial charge < -0.3 is 11.5 Å². The van der Waals surface area contributed by atoms with E-state index in [1.54, 1.807) is 0 Å². The van der Waals surface area contributed by atoms with Gasteiger partial charge in [-0.2, -0.15) is 4.98 Å². The Balaban J connectivity index is 2.56. The number of benzene rings is 1. The summed E-state index contributed by atoms with van der Waals surface area (Å²) < 4.78 is 15.2. The van der Waals surface area contributed by atoms with Crippen molar-refractivity contribution in [3.63, 3.8) is 0 Å². The van der Waals surface area contributed by atoms with Crippen LogP contribution in [0.15, 0.2) is 25.7 Å². The number of aryl methyl sites for hydroxylation is 1. The van der Waals surface area contributed by atoms with Crippen LogP contribution < -0.4 is 22.6 Å². The molecule has 0 saturated heterocycles. The number of hydrogen-bond acceptors (Lipinski definition) is 6. The second-order valence-corrected chi connectivity index (χ2v) is 5.17. The first-order chi connectivity index (χ1) is 9.31. The van der Waals surface area contributed by atoms with Gasteiger partial charge in [-0.15, -0.1) is 0 Å². The lowest BCUT2D eigenvalue weighted by atomic mass is 10.3. The topological polar surface area (TPSA) is 120 Å². The Morgan fingerprint density at radius 1 is 1.40 bits per heavy atom. The Morgan fingerprint density at radius 2 is 2.05 bits per heavy atom. The summed E-state index contributed by atoms with van der Waals surface area (Å²) in [5.41, 5.74) is 9.35. The Labute approximate surface area is 120 Å². The van der Waals surface area contributed by atoms with E-state index in [4.69, 9.17) is 23.1 Å². The zero-order valence-corrected chi connectivity index (χ0v) is 11.7. The number of nitrogens with zero attached hydrogens (tertiary/aromatic N) is 2. The summed E-state index contributed by atoms with van der Waals surface area (Å²) in [4.78, 5) is 25.8. The largest absolute Gasteiger partial charge is 0.398 e. The van der Waals surface area contributed by atoms with E-state index in [0.717, 1.165) is 11.8 Å². The fraction of sp³-hybridized carbons (Fsp3) is 0.100. The molecule has 7 nitrogen and oxygen atoms in total. The average Bonchev–Trinajstić information content (AvgIpc) is 2.38. The van der Waals surface area contributed by atoms with Crippen molar-refractivity contribution >= 4 is 34.7 Å². The van der Waals surface area contributed by atoms with E-state index < -0.39 is 16.9 Å². The second-order valence-electron chi connectivity index (χ2n) is 3.81. The highest BCUT2D eigenvalue weighted by molar-refractivity contribution is 7.99. The normalized spacial score (nSPS) is 10.8. The number of aromatic nitrogens is 3. The average molecular weight is 318 g/mol. The van der Waals surface area contributed by atoms with E-state index in [9.17, 15) is 14.0 Å². The summed E-state index contributed by atoms with van der Waals surface area (Å²) in [7, 11) is 1.45. The highest BCUT2D eigenvalue weighted by Crippen LogP contribution is 2.38. The van der Waals surface area contributed by atoms with Crippen LogP contribution in [0.1, 0.15) is 0 Å². The quantitative estimate of drug-likeness (QED) is 0.550. The molecule has 2 rings (SSSR count). The Hall–Kier alpha value is -2.00. The van der Waals surface area contributed by atoms with Crippen LogP contribution in [0.4, 0.5) is 15.8 Å². The molecule has 1 aromatic carbocycles. The number of aromatic amines is 1. The summed E-state index contributed by atoms with van der Waals surface area (Å²) in [6, 6.07) is 1.30. The summed E-state index contributed by atoms with van der Waals surface area (Å²) in [6.45, 7) is 0. The fourth-order valence-electron chi connectivity index (χ4n) is 1.40. The molecule has 0 aliphatic rings. The van der Waals surface area contributed by atoms with Crippen molar-refractivity contribution in [2.24, 2.45) is 7.05 Å². The minimum Gasteiger partial charge on any atom is -0.398 e. The maximum atomic E-state index is 14.0. The number of hydrogen-bond donors (Lipinski definition) is 3. The van der Waals surface area contributed by atoms with Crippen molar-refractivity contribution < 1.29 is 4.39 Å². The van der Waals surface area contributed by atoms with E-state index >= 15 is 0 Å². The molecule has 0 aliphatic carbocycles. The minimum atomic E-state index is -0.980. The zero-order valence-electron chi connectivity index (χ0n) is 10.1. The van der Waals surface area contributed by atoms with E-state index in [0.29, 0.717) is 0 Å². The van der Waals surface area contributed by atoms with Crippen LogP contribution >= 0.6 is 23.4 Å². The van der Waals surface area contributed by atoms with E-state index in [-0.39, 0.29) is 26.4 Å². The highest BCUT2D eigenvalue weighted by Gasteiger charge is 2.17. The molecule has 0 fully saturated rings. The van der Waals surface area contributed by atoms with Gasteiger partial charge in [0.1, 0.15) is 5.02 Å². The number of nitrogens with one attached hydrogen (secondary N) is 1. The van der Waals surface area contributed by atoms with Crippen LogP contribution in [0.5, 0.6) is 0 Å². The van der Waals surface area contributed by atoms with Crippen LogP contribution in [0.3, 0.4) is 0 Å². The van der Waals surface area contributed by atoms with Crippen molar-refractivity contribution in [1.82, 2.24) is 14.8 Å². The van der Waals surface area contributed by atoms with E-state index in [1.807, 2.05) is 0 Å². The van der Waals surface area contributed by atoms with Crippen LogP contribution in [0.2, 0.25) is 5.02 Å². The molecular formula is C10H9ClFN5O2S. The molecule has 0 radical (unpaired) electrons. The van der Waals surface area contributed by atoms with Crippen LogP contribution in [-0.4, -0.2) is 14.8 Å². The summed E-state index contributed by atoms with van der Waals surface area (Å²) in [5, 5.41) is 2.03. The third-order valence-electron chi connectivity index (χ3n) is 2.36.